The molecule has 36 heavy (non-hydrogen) atoms. The number of rotatable bonds is 7. The third kappa shape index (κ3) is 5.33. The summed E-state index contributed by atoms with van der Waals surface area (Å²) in [6.45, 7) is 3.62. The van der Waals surface area contributed by atoms with Gasteiger partial charge in [0.25, 0.3) is 11.5 Å². The Morgan fingerprint density at radius 2 is 1.81 bits per heavy atom. The number of nitrogens with zero attached hydrogens (tertiary/aromatic N) is 4. The van der Waals surface area contributed by atoms with Crippen molar-refractivity contribution in [1.82, 2.24) is 30.0 Å². The Labute approximate surface area is 213 Å². The van der Waals surface area contributed by atoms with Gasteiger partial charge in [-0.1, -0.05) is 0 Å². The molecule has 1 amide bonds. The second-order valence-electron chi connectivity index (χ2n) is 7.67. The summed E-state index contributed by atoms with van der Waals surface area (Å²) in [5.41, 5.74) is -0.372. The Bertz CT molecular complexity index is 1530. The highest BCUT2D eigenvalue weighted by molar-refractivity contribution is 9.10. The summed E-state index contributed by atoms with van der Waals surface area (Å²) in [6.07, 6.45) is 3.07. The predicted molar refractivity (Wildman–Crippen MR) is 134 cm³/mol. The topological polar surface area (TPSA) is 141 Å². The third-order valence-electron chi connectivity index (χ3n) is 5.10. The Kier molecular flexibility index (Phi) is 7.25. The molecule has 0 saturated carbocycles. The quantitative estimate of drug-likeness (QED) is 0.356. The van der Waals surface area contributed by atoms with Crippen molar-refractivity contribution in [2.75, 3.05) is 7.11 Å². The molecule has 0 atom stereocenters. The maximum atomic E-state index is 12.6. The number of aryl methyl sites for hydroxylation is 2. The minimum Gasteiger partial charge on any atom is -0.496 e. The van der Waals surface area contributed by atoms with Crippen molar-refractivity contribution in [3.63, 3.8) is 0 Å². The van der Waals surface area contributed by atoms with Crippen molar-refractivity contribution in [3.05, 3.63) is 96.7 Å². The molecular formula is C24H21BrN6O5. The fourth-order valence-electron chi connectivity index (χ4n) is 3.43. The molecule has 4 rings (SSSR count). The summed E-state index contributed by atoms with van der Waals surface area (Å²) >= 11 is 3.44. The van der Waals surface area contributed by atoms with Crippen molar-refractivity contribution < 1.29 is 14.3 Å². The van der Waals surface area contributed by atoms with E-state index in [1.165, 1.54) is 12.4 Å². The average molecular weight is 553 g/mol. The molecule has 2 aromatic carbocycles. The first-order valence-electron chi connectivity index (χ1n) is 10.7. The molecule has 0 aliphatic heterocycles. The Hall–Kier alpha value is -4.32. The van der Waals surface area contributed by atoms with Crippen molar-refractivity contribution in [1.29, 1.82) is 0 Å². The number of hydrogen-bond acceptors (Lipinski definition) is 8. The van der Waals surface area contributed by atoms with Crippen LogP contribution in [0.15, 0.2) is 62.9 Å². The number of methoxy groups -OCH3 is 1. The number of carbonyl (C=O) groups excluding carboxylic acids is 1. The zero-order chi connectivity index (χ0) is 25.8. The number of nitrogens with one attached hydrogen (secondary N) is 2. The number of aromatic nitrogens is 5. The zero-order valence-electron chi connectivity index (χ0n) is 19.5. The van der Waals surface area contributed by atoms with Gasteiger partial charge < -0.3 is 14.8 Å². The monoisotopic (exact) mass is 552 g/mol. The van der Waals surface area contributed by atoms with Gasteiger partial charge in [0.1, 0.15) is 23.1 Å². The summed E-state index contributed by atoms with van der Waals surface area (Å²) in [5.74, 6) is 1.44. The van der Waals surface area contributed by atoms with Gasteiger partial charge in [0.15, 0.2) is 0 Å². The minimum absolute atomic E-state index is 0.00829. The van der Waals surface area contributed by atoms with Gasteiger partial charge in [0.05, 0.1) is 23.8 Å². The molecule has 11 nitrogen and oxygen atoms in total. The van der Waals surface area contributed by atoms with Crippen LogP contribution in [0, 0.1) is 13.8 Å². The molecule has 2 N–H and O–H groups in total. The van der Waals surface area contributed by atoms with E-state index in [0.717, 1.165) is 9.15 Å². The van der Waals surface area contributed by atoms with E-state index in [-0.39, 0.29) is 6.54 Å². The summed E-state index contributed by atoms with van der Waals surface area (Å²) < 4.78 is 13.0. The van der Waals surface area contributed by atoms with Gasteiger partial charge in [-0.2, -0.15) is 9.78 Å². The molecule has 0 unspecified atom stereocenters. The fourth-order valence-corrected chi connectivity index (χ4v) is 3.95. The van der Waals surface area contributed by atoms with E-state index < -0.39 is 22.9 Å². The molecule has 2 aromatic heterocycles. The van der Waals surface area contributed by atoms with E-state index in [0.29, 0.717) is 39.9 Å². The van der Waals surface area contributed by atoms with Crippen molar-refractivity contribution >= 4 is 21.8 Å². The molecule has 184 valence electrons. The van der Waals surface area contributed by atoms with Gasteiger partial charge in [-0.05, 0) is 77.3 Å². The maximum absolute atomic E-state index is 12.6. The minimum atomic E-state index is -0.902. The first-order chi connectivity index (χ1) is 17.3. The average Bonchev–Trinajstić information content (AvgIpc) is 2.85. The largest absolute Gasteiger partial charge is 0.496 e. The van der Waals surface area contributed by atoms with Crippen LogP contribution in [0.1, 0.15) is 27.4 Å². The van der Waals surface area contributed by atoms with E-state index >= 15 is 0 Å². The molecule has 12 heteroatoms. The Balaban J connectivity index is 1.63. The number of hydrogen-bond donors (Lipinski definition) is 2. The van der Waals surface area contributed by atoms with Crippen LogP contribution in [0.2, 0.25) is 0 Å². The van der Waals surface area contributed by atoms with E-state index in [1.54, 1.807) is 43.5 Å². The summed E-state index contributed by atoms with van der Waals surface area (Å²) in [6, 6.07) is 10.3. The standard InChI is InChI=1S/C24H21BrN6O5/c1-13-9-15(10-14(2)21(13)36-16-5-6-18(35-3)17(25)11-16)31-24(34)29-23(33)20(30-31)22(32)28-12-19-26-7-4-8-27-19/h4-11H,12H2,1-3H3,(H,28,32)(H,29,33,34). The van der Waals surface area contributed by atoms with Crippen LogP contribution in [-0.2, 0) is 6.54 Å². The smallest absolute Gasteiger partial charge is 0.349 e. The maximum Gasteiger partial charge on any atom is 0.349 e. The van der Waals surface area contributed by atoms with Crippen molar-refractivity contribution in [2.45, 2.75) is 20.4 Å². The first kappa shape index (κ1) is 24.8. The predicted octanol–water partition coefficient (Wildman–Crippen LogP) is 2.82. The van der Waals surface area contributed by atoms with Gasteiger partial charge in [0.2, 0.25) is 5.69 Å². The molecule has 0 saturated heterocycles. The normalized spacial score (nSPS) is 10.7. The lowest BCUT2D eigenvalue weighted by Crippen LogP contribution is -2.39. The van der Waals surface area contributed by atoms with E-state index in [1.807, 2.05) is 13.8 Å². The number of aromatic amines is 1. The Morgan fingerprint density at radius 1 is 1.11 bits per heavy atom. The fraction of sp³-hybridized carbons (Fsp3) is 0.167. The summed E-state index contributed by atoms with van der Waals surface area (Å²) in [4.78, 5) is 47.6. The zero-order valence-corrected chi connectivity index (χ0v) is 21.1. The molecule has 0 aliphatic carbocycles. The van der Waals surface area contributed by atoms with Gasteiger partial charge >= 0.3 is 5.69 Å². The van der Waals surface area contributed by atoms with Crippen LogP contribution in [0.5, 0.6) is 17.2 Å². The van der Waals surface area contributed by atoms with Crippen LogP contribution in [0.3, 0.4) is 0 Å². The van der Waals surface area contributed by atoms with Gasteiger partial charge in [-0.25, -0.2) is 14.8 Å². The lowest BCUT2D eigenvalue weighted by atomic mass is 10.1. The van der Waals surface area contributed by atoms with Gasteiger partial charge in [-0.3, -0.25) is 14.6 Å². The number of halogens is 1. The highest BCUT2D eigenvalue weighted by Gasteiger charge is 2.18. The second kappa shape index (κ2) is 10.5. The molecular weight excluding hydrogens is 532 g/mol. The Morgan fingerprint density at radius 3 is 2.44 bits per heavy atom. The number of amides is 1. The van der Waals surface area contributed by atoms with E-state index in [2.05, 4.69) is 41.3 Å². The van der Waals surface area contributed by atoms with Crippen LogP contribution < -0.4 is 26.0 Å². The van der Waals surface area contributed by atoms with Crippen LogP contribution in [-0.4, -0.2) is 37.7 Å². The first-order valence-corrected chi connectivity index (χ1v) is 11.5. The highest BCUT2D eigenvalue weighted by atomic mass is 79.9. The SMILES string of the molecule is COc1ccc(Oc2c(C)cc(-n3nc(C(=O)NCc4ncccn4)c(=O)[nH]c3=O)cc2C)cc1Br. The van der Waals surface area contributed by atoms with Crippen LogP contribution in [0.25, 0.3) is 5.69 Å². The van der Waals surface area contributed by atoms with Crippen LogP contribution >= 0.6 is 15.9 Å². The van der Waals surface area contributed by atoms with E-state index in [4.69, 9.17) is 9.47 Å². The van der Waals surface area contributed by atoms with Gasteiger partial charge in [-0.15, -0.1) is 0 Å². The van der Waals surface area contributed by atoms with Crippen molar-refractivity contribution in [3.8, 4) is 22.9 Å². The van der Waals surface area contributed by atoms with Crippen LogP contribution in [0.4, 0.5) is 0 Å². The lowest BCUT2D eigenvalue weighted by molar-refractivity contribution is 0.0941. The second-order valence-corrected chi connectivity index (χ2v) is 8.53. The molecule has 0 spiro atoms. The number of ether oxygens (including phenoxy) is 2. The molecule has 0 bridgehead atoms. The van der Waals surface area contributed by atoms with Crippen molar-refractivity contribution in [2.24, 2.45) is 0 Å². The van der Waals surface area contributed by atoms with E-state index in [9.17, 15) is 14.4 Å². The number of carbonyl (C=O) groups is 1. The lowest BCUT2D eigenvalue weighted by Gasteiger charge is -2.15. The highest BCUT2D eigenvalue weighted by Crippen LogP contribution is 2.34. The molecule has 4 aromatic rings. The van der Waals surface area contributed by atoms with Gasteiger partial charge in [0, 0.05) is 12.4 Å². The molecule has 0 fully saturated rings. The third-order valence-corrected chi connectivity index (χ3v) is 5.72. The molecule has 0 aliphatic rings. The molecule has 2 heterocycles. The molecule has 0 radical (unpaired) electrons. The summed E-state index contributed by atoms with van der Waals surface area (Å²) in [5, 5.41) is 6.56. The number of H-pyrrole nitrogens is 1. The number of benzene rings is 2. The summed E-state index contributed by atoms with van der Waals surface area (Å²) in [7, 11) is 1.58.